The molecule has 30 heavy (non-hydrogen) atoms. The monoisotopic (exact) mass is 408 g/mol. The summed E-state index contributed by atoms with van der Waals surface area (Å²) in [6.07, 6.45) is 2.81. The first-order valence-electron chi connectivity index (χ1n) is 9.40. The molecule has 0 aliphatic rings. The van der Waals surface area contributed by atoms with Crippen LogP contribution in [-0.4, -0.2) is 36.8 Å². The Labute approximate surface area is 175 Å². The van der Waals surface area contributed by atoms with Crippen molar-refractivity contribution in [3.63, 3.8) is 0 Å². The summed E-state index contributed by atoms with van der Waals surface area (Å²) in [6, 6.07) is 14.1. The number of esters is 1. The highest BCUT2D eigenvalue weighted by atomic mass is 16.5. The molecule has 0 aliphatic carbocycles. The number of hydrogen-bond acceptors (Lipinski definition) is 5. The summed E-state index contributed by atoms with van der Waals surface area (Å²) in [5, 5.41) is 2.71. The Morgan fingerprint density at radius 1 is 0.967 bits per heavy atom. The number of benzene rings is 2. The number of carbonyl (C=O) groups excluding carboxylic acids is 2. The number of nitrogens with one attached hydrogen (secondary N) is 1. The van der Waals surface area contributed by atoms with E-state index in [1.807, 2.05) is 42.1 Å². The average Bonchev–Trinajstić information content (AvgIpc) is 3.28. The second-order valence-electron chi connectivity index (χ2n) is 6.70. The van der Waals surface area contributed by atoms with E-state index >= 15 is 0 Å². The van der Waals surface area contributed by atoms with Crippen molar-refractivity contribution in [1.82, 2.24) is 4.57 Å². The van der Waals surface area contributed by atoms with E-state index in [0.29, 0.717) is 22.7 Å². The van der Waals surface area contributed by atoms with Gasteiger partial charge >= 0.3 is 5.97 Å². The van der Waals surface area contributed by atoms with Gasteiger partial charge in [0.1, 0.15) is 0 Å². The highest BCUT2D eigenvalue weighted by Gasteiger charge is 2.20. The summed E-state index contributed by atoms with van der Waals surface area (Å²) >= 11 is 0. The van der Waals surface area contributed by atoms with Crippen LogP contribution in [0.1, 0.15) is 22.8 Å². The molecular weight excluding hydrogens is 384 g/mol. The van der Waals surface area contributed by atoms with E-state index in [9.17, 15) is 9.59 Å². The summed E-state index contributed by atoms with van der Waals surface area (Å²) in [4.78, 5) is 25.1. The van der Waals surface area contributed by atoms with Crippen LogP contribution < -0.4 is 14.8 Å². The number of carbonyl (C=O) groups is 2. The lowest BCUT2D eigenvalue weighted by molar-refractivity contribution is -0.123. The molecule has 7 nitrogen and oxygen atoms in total. The fourth-order valence-corrected chi connectivity index (χ4v) is 2.95. The van der Waals surface area contributed by atoms with Gasteiger partial charge in [0.2, 0.25) is 0 Å². The number of nitrogens with zero attached hydrogens (tertiary/aromatic N) is 1. The lowest BCUT2D eigenvalue weighted by Gasteiger charge is -2.15. The average molecular weight is 408 g/mol. The Morgan fingerprint density at radius 2 is 1.67 bits per heavy atom. The van der Waals surface area contributed by atoms with Crippen molar-refractivity contribution in [2.45, 2.75) is 20.0 Å². The second kappa shape index (κ2) is 9.17. The predicted molar refractivity (Wildman–Crippen MR) is 114 cm³/mol. The van der Waals surface area contributed by atoms with Gasteiger partial charge in [-0.2, -0.15) is 0 Å². The number of anilines is 1. The molecule has 1 unspecified atom stereocenters. The van der Waals surface area contributed by atoms with Crippen LogP contribution in [0.25, 0.3) is 5.69 Å². The van der Waals surface area contributed by atoms with Crippen LogP contribution in [0.4, 0.5) is 5.69 Å². The van der Waals surface area contributed by atoms with E-state index in [-0.39, 0.29) is 0 Å². The molecule has 0 radical (unpaired) electrons. The molecule has 1 amide bonds. The Kier molecular flexibility index (Phi) is 6.41. The van der Waals surface area contributed by atoms with Crippen LogP contribution in [0.5, 0.6) is 11.5 Å². The zero-order valence-electron chi connectivity index (χ0n) is 17.3. The fourth-order valence-electron chi connectivity index (χ4n) is 2.95. The van der Waals surface area contributed by atoms with Crippen LogP contribution in [0.15, 0.2) is 60.9 Å². The van der Waals surface area contributed by atoms with Gasteiger partial charge in [0.25, 0.3) is 5.91 Å². The molecule has 1 aromatic heterocycles. The van der Waals surface area contributed by atoms with Crippen LogP contribution in [0.2, 0.25) is 0 Å². The second-order valence-corrected chi connectivity index (χ2v) is 6.70. The van der Waals surface area contributed by atoms with Crippen molar-refractivity contribution < 1.29 is 23.8 Å². The molecule has 3 rings (SSSR count). The number of aryl methyl sites for hydroxylation is 1. The van der Waals surface area contributed by atoms with Crippen molar-refractivity contribution in [3.8, 4) is 17.2 Å². The van der Waals surface area contributed by atoms with Gasteiger partial charge in [-0.15, -0.1) is 0 Å². The van der Waals surface area contributed by atoms with Crippen molar-refractivity contribution in [1.29, 1.82) is 0 Å². The fraction of sp³-hybridized carbons (Fsp3) is 0.217. The van der Waals surface area contributed by atoms with E-state index in [0.717, 1.165) is 11.3 Å². The Balaban J connectivity index is 1.68. The van der Waals surface area contributed by atoms with Gasteiger partial charge in [-0.3, -0.25) is 4.79 Å². The normalized spacial score (nSPS) is 11.5. The zero-order valence-corrected chi connectivity index (χ0v) is 17.3. The summed E-state index contributed by atoms with van der Waals surface area (Å²) < 4.78 is 17.7. The van der Waals surface area contributed by atoms with Crippen molar-refractivity contribution in [3.05, 3.63) is 72.1 Å². The molecule has 0 aliphatic heterocycles. The molecule has 0 fully saturated rings. The first-order chi connectivity index (χ1) is 14.4. The maximum Gasteiger partial charge on any atom is 0.338 e. The third kappa shape index (κ3) is 4.63. The largest absolute Gasteiger partial charge is 0.493 e. The highest BCUT2D eigenvalue weighted by molar-refractivity contribution is 5.97. The van der Waals surface area contributed by atoms with Gasteiger partial charge in [0, 0.05) is 29.8 Å². The minimum absolute atomic E-state index is 0.370. The molecular formula is C23H24N2O5. The molecule has 3 aromatic rings. The Hall–Kier alpha value is -3.74. The summed E-state index contributed by atoms with van der Waals surface area (Å²) in [6.45, 7) is 3.48. The van der Waals surface area contributed by atoms with Gasteiger partial charge in [-0.1, -0.05) is 6.07 Å². The SMILES string of the molecule is COc1ccc(NC(=O)C(C)OC(=O)c2ccc(C)c(-n3cccc3)c2)cc1OC. The summed E-state index contributed by atoms with van der Waals surface area (Å²) in [7, 11) is 3.04. The van der Waals surface area contributed by atoms with E-state index in [2.05, 4.69) is 5.32 Å². The lowest BCUT2D eigenvalue weighted by atomic mass is 10.1. The van der Waals surface area contributed by atoms with Gasteiger partial charge in [-0.05, 0) is 55.8 Å². The summed E-state index contributed by atoms with van der Waals surface area (Å²) in [5.74, 6) is 0.0108. The molecule has 0 saturated heterocycles. The van der Waals surface area contributed by atoms with Crippen LogP contribution in [0.3, 0.4) is 0 Å². The lowest BCUT2D eigenvalue weighted by Crippen LogP contribution is -2.30. The minimum Gasteiger partial charge on any atom is -0.493 e. The molecule has 0 saturated carbocycles. The number of rotatable bonds is 7. The number of ether oxygens (including phenoxy) is 3. The topological polar surface area (TPSA) is 78.8 Å². The standard InChI is InChI=1S/C23H24N2O5/c1-15-7-8-17(13-19(15)25-11-5-6-12-25)23(27)30-16(2)22(26)24-18-9-10-20(28-3)21(14-18)29-4/h5-14,16H,1-4H3,(H,24,26). The van der Waals surface area contributed by atoms with Gasteiger partial charge in [0.05, 0.1) is 19.8 Å². The number of amides is 1. The van der Waals surface area contributed by atoms with Gasteiger partial charge in [0.15, 0.2) is 17.6 Å². The van der Waals surface area contributed by atoms with Crippen LogP contribution in [-0.2, 0) is 9.53 Å². The third-order valence-corrected chi connectivity index (χ3v) is 4.63. The molecule has 1 heterocycles. The van der Waals surface area contributed by atoms with Crippen molar-refractivity contribution in [2.75, 3.05) is 19.5 Å². The molecule has 7 heteroatoms. The number of methoxy groups -OCH3 is 2. The molecule has 0 spiro atoms. The quantitative estimate of drug-likeness (QED) is 0.598. The van der Waals surface area contributed by atoms with Crippen molar-refractivity contribution in [2.24, 2.45) is 0 Å². The highest BCUT2D eigenvalue weighted by Crippen LogP contribution is 2.29. The first-order valence-corrected chi connectivity index (χ1v) is 9.40. The summed E-state index contributed by atoms with van der Waals surface area (Å²) in [5.41, 5.74) is 2.76. The Morgan fingerprint density at radius 3 is 2.33 bits per heavy atom. The predicted octanol–water partition coefficient (Wildman–Crippen LogP) is 3.99. The molecule has 2 aromatic carbocycles. The van der Waals surface area contributed by atoms with Gasteiger partial charge < -0.3 is 24.1 Å². The first kappa shape index (κ1) is 21.0. The maximum absolute atomic E-state index is 12.6. The molecule has 1 N–H and O–H groups in total. The van der Waals surface area contributed by atoms with Crippen molar-refractivity contribution >= 4 is 17.6 Å². The van der Waals surface area contributed by atoms with E-state index in [1.54, 1.807) is 30.3 Å². The number of aromatic nitrogens is 1. The molecule has 0 bridgehead atoms. The molecule has 156 valence electrons. The van der Waals surface area contributed by atoms with Crippen LogP contribution >= 0.6 is 0 Å². The third-order valence-electron chi connectivity index (χ3n) is 4.63. The number of hydrogen-bond donors (Lipinski definition) is 1. The minimum atomic E-state index is -0.984. The van der Waals surface area contributed by atoms with E-state index < -0.39 is 18.0 Å². The maximum atomic E-state index is 12.6. The van der Waals surface area contributed by atoms with E-state index in [4.69, 9.17) is 14.2 Å². The van der Waals surface area contributed by atoms with Crippen LogP contribution in [0, 0.1) is 6.92 Å². The van der Waals surface area contributed by atoms with Gasteiger partial charge in [-0.25, -0.2) is 4.79 Å². The Bertz CT molecular complexity index is 1040. The zero-order chi connectivity index (χ0) is 21.7. The van der Waals surface area contributed by atoms with E-state index in [1.165, 1.54) is 21.1 Å². The smallest absolute Gasteiger partial charge is 0.338 e. The molecule has 1 atom stereocenters.